The predicted octanol–water partition coefficient (Wildman–Crippen LogP) is -1.33. The molecule has 4 nitrogen and oxygen atoms in total. The first-order valence-electron chi connectivity index (χ1n) is 3.59. The molecule has 0 atom stereocenters. The summed E-state index contributed by atoms with van der Waals surface area (Å²) >= 11 is 0. The van der Waals surface area contributed by atoms with E-state index in [2.05, 4.69) is 0 Å². The number of carboxylic acid groups (broad SMARTS) is 2. The Labute approximate surface area is 82.4 Å². The summed E-state index contributed by atoms with van der Waals surface area (Å²) in [6.07, 6.45) is 0. The Morgan fingerprint density at radius 2 is 1.21 bits per heavy atom. The number of carbonyl (C=O) groups is 2. The Balaban J connectivity index is 3.46. The Bertz CT molecular complexity index is 375. The van der Waals surface area contributed by atoms with Gasteiger partial charge in [-0.25, -0.2) is 9.59 Å². The maximum absolute atomic E-state index is 10.6. The number of hydrogen-bond acceptors (Lipinski definition) is 2. The maximum atomic E-state index is 10.6. The van der Waals surface area contributed by atoms with E-state index in [1.54, 1.807) is 0 Å². The highest BCUT2D eigenvalue weighted by atomic mass is 16.4. The molecule has 0 spiro atoms. The molecule has 4 radical (unpaired) electrons. The van der Waals surface area contributed by atoms with Crippen molar-refractivity contribution in [3.63, 3.8) is 0 Å². The molecule has 0 aliphatic carbocycles. The van der Waals surface area contributed by atoms with Gasteiger partial charge in [0, 0.05) is 0 Å². The van der Waals surface area contributed by atoms with Gasteiger partial charge in [0.2, 0.25) is 0 Å². The second-order valence-electron chi connectivity index (χ2n) is 2.64. The van der Waals surface area contributed by atoms with Gasteiger partial charge in [0.15, 0.2) is 0 Å². The van der Waals surface area contributed by atoms with Gasteiger partial charge < -0.3 is 10.2 Å². The van der Waals surface area contributed by atoms with E-state index >= 15 is 0 Å². The molecule has 1 rings (SSSR count). The predicted molar refractivity (Wildman–Crippen MR) is 51.1 cm³/mol. The van der Waals surface area contributed by atoms with E-state index in [4.69, 9.17) is 25.9 Å². The lowest BCUT2D eigenvalue weighted by atomic mass is 9.78. The van der Waals surface area contributed by atoms with Crippen LogP contribution in [0.5, 0.6) is 0 Å². The lowest BCUT2D eigenvalue weighted by molar-refractivity contribution is 0.0652. The van der Waals surface area contributed by atoms with E-state index in [1.165, 1.54) is 0 Å². The normalized spacial score (nSPS) is 9.71. The Morgan fingerprint density at radius 3 is 1.43 bits per heavy atom. The average molecular weight is 186 g/mol. The van der Waals surface area contributed by atoms with Crippen molar-refractivity contribution in [1.29, 1.82) is 0 Å². The molecular weight excluding hydrogens is 182 g/mol. The summed E-state index contributed by atoms with van der Waals surface area (Å²) < 4.78 is 0. The zero-order chi connectivity index (χ0) is 10.9. The molecule has 1 aromatic carbocycles. The van der Waals surface area contributed by atoms with Gasteiger partial charge in [-0.15, -0.1) is 10.9 Å². The van der Waals surface area contributed by atoms with Crippen LogP contribution in [0.1, 0.15) is 20.7 Å². The second-order valence-corrected chi connectivity index (χ2v) is 2.64. The van der Waals surface area contributed by atoms with Crippen LogP contribution in [0.4, 0.5) is 0 Å². The van der Waals surface area contributed by atoms with Gasteiger partial charge in [0.1, 0.15) is 15.7 Å². The Kier molecular flexibility index (Phi) is 2.65. The van der Waals surface area contributed by atoms with Gasteiger partial charge in [-0.1, -0.05) is 12.1 Å². The zero-order valence-electron chi connectivity index (χ0n) is 7.02. The monoisotopic (exact) mass is 186 g/mol. The van der Waals surface area contributed by atoms with Crippen LogP contribution < -0.4 is 10.9 Å². The molecule has 66 valence electrons. The lowest BCUT2D eigenvalue weighted by Crippen LogP contribution is -2.29. The fourth-order valence-electron chi connectivity index (χ4n) is 0.987. The van der Waals surface area contributed by atoms with Crippen molar-refractivity contribution in [3.05, 3.63) is 23.3 Å². The fraction of sp³-hybridized carbons (Fsp3) is 0. The van der Waals surface area contributed by atoms with Crippen LogP contribution in [0.2, 0.25) is 0 Å². The number of carboxylic acids is 2. The molecule has 1 aromatic rings. The smallest absolute Gasteiger partial charge is 0.336 e. The molecule has 0 fully saturated rings. The molecule has 14 heavy (non-hydrogen) atoms. The van der Waals surface area contributed by atoms with Crippen LogP contribution in [-0.2, 0) is 0 Å². The van der Waals surface area contributed by atoms with Crippen molar-refractivity contribution in [2.24, 2.45) is 0 Å². The van der Waals surface area contributed by atoms with Crippen molar-refractivity contribution in [1.82, 2.24) is 0 Å². The molecule has 2 N–H and O–H groups in total. The SMILES string of the molecule is [B]c1cc(C(=O)O)c(C(=O)O)cc1[B]. The van der Waals surface area contributed by atoms with Gasteiger partial charge >= 0.3 is 11.9 Å². The van der Waals surface area contributed by atoms with Gasteiger partial charge in [-0.3, -0.25) is 0 Å². The van der Waals surface area contributed by atoms with Crippen molar-refractivity contribution in [3.8, 4) is 0 Å². The summed E-state index contributed by atoms with van der Waals surface area (Å²) in [6, 6.07) is 2.06. The van der Waals surface area contributed by atoms with Gasteiger partial charge in [-0.2, -0.15) is 0 Å². The Hall–Kier alpha value is -1.71. The summed E-state index contributed by atoms with van der Waals surface area (Å²) in [5.41, 5.74) is -0.645. The maximum Gasteiger partial charge on any atom is 0.336 e. The van der Waals surface area contributed by atoms with Crippen molar-refractivity contribution >= 4 is 38.6 Å². The third-order valence-corrected chi connectivity index (χ3v) is 1.68. The van der Waals surface area contributed by atoms with Crippen LogP contribution >= 0.6 is 0 Å². The van der Waals surface area contributed by atoms with Gasteiger partial charge in [-0.05, 0) is 0 Å². The number of hydrogen-bond donors (Lipinski definition) is 2. The molecule has 0 amide bonds. The molecule has 0 bridgehead atoms. The quantitative estimate of drug-likeness (QED) is 0.561. The first kappa shape index (κ1) is 10.4. The minimum Gasteiger partial charge on any atom is -0.478 e. The molecule has 0 aliphatic heterocycles. The summed E-state index contributed by atoms with van der Waals surface area (Å²) in [4.78, 5) is 21.3. The lowest BCUT2D eigenvalue weighted by Gasteiger charge is -2.06. The summed E-state index contributed by atoms with van der Waals surface area (Å²) in [7, 11) is 10.7. The van der Waals surface area contributed by atoms with E-state index < -0.39 is 11.9 Å². The van der Waals surface area contributed by atoms with Crippen LogP contribution in [0.3, 0.4) is 0 Å². The summed E-state index contributed by atoms with van der Waals surface area (Å²) in [5.74, 6) is -2.71. The van der Waals surface area contributed by atoms with Crippen LogP contribution in [-0.4, -0.2) is 37.8 Å². The van der Waals surface area contributed by atoms with Gasteiger partial charge in [0.25, 0.3) is 0 Å². The molecule has 6 heteroatoms. The second kappa shape index (κ2) is 3.57. The highest BCUT2D eigenvalue weighted by molar-refractivity contribution is 6.49. The van der Waals surface area contributed by atoms with Crippen LogP contribution in [0.15, 0.2) is 12.1 Å². The molecule has 0 aliphatic rings. The Morgan fingerprint density at radius 1 is 0.929 bits per heavy atom. The van der Waals surface area contributed by atoms with E-state index in [1.807, 2.05) is 0 Å². The third kappa shape index (κ3) is 1.79. The largest absolute Gasteiger partial charge is 0.478 e. The molecular formula is C8H4B2O4. The molecule has 0 aromatic heterocycles. The van der Waals surface area contributed by atoms with Crippen LogP contribution in [0, 0.1) is 0 Å². The van der Waals surface area contributed by atoms with Crippen molar-refractivity contribution < 1.29 is 19.8 Å². The first-order chi connectivity index (χ1) is 6.43. The van der Waals surface area contributed by atoms with Crippen molar-refractivity contribution in [2.45, 2.75) is 0 Å². The number of benzene rings is 1. The van der Waals surface area contributed by atoms with Crippen molar-refractivity contribution in [2.75, 3.05) is 0 Å². The van der Waals surface area contributed by atoms with E-state index in [-0.39, 0.29) is 22.1 Å². The van der Waals surface area contributed by atoms with E-state index in [0.29, 0.717) is 0 Å². The third-order valence-electron chi connectivity index (χ3n) is 1.68. The highest BCUT2D eigenvalue weighted by Gasteiger charge is 2.16. The molecule has 0 saturated heterocycles. The topological polar surface area (TPSA) is 74.6 Å². The summed E-state index contributed by atoms with van der Waals surface area (Å²) in [6.45, 7) is 0. The summed E-state index contributed by atoms with van der Waals surface area (Å²) in [5, 5.41) is 17.3. The fourth-order valence-corrected chi connectivity index (χ4v) is 0.987. The minimum absolute atomic E-state index is 0.0485. The van der Waals surface area contributed by atoms with Gasteiger partial charge in [0.05, 0.1) is 11.1 Å². The van der Waals surface area contributed by atoms with E-state index in [0.717, 1.165) is 12.1 Å². The number of rotatable bonds is 2. The average Bonchev–Trinajstić information content (AvgIpc) is 2.08. The zero-order valence-corrected chi connectivity index (χ0v) is 7.02. The molecule has 0 saturated carbocycles. The molecule has 0 unspecified atom stereocenters. The van der Waals surface area contributed by atoms with E-state index in [9.17, 15) is 9.59 Å². The highest BCUT2D eigenvalue weighted by Crippen LogP contribution is 2.05. The minimum atomic E-state index is -1.35. The standard InChI is InChI=1S/C8H4B2O4/c9-5-1-3(7(11)12)4(8(13)14)2-6(5)10/h1-2H,(H,11,12)(H,13,14). The first-order valence-corrected chi connectivity index (χ1v) is 3.59. The molecule has 0 heterocycles. The number of aromatic carboxylic acids is 2. The van der Waals surface area contributed by atoms with Crippen LogP contribution in [0.25, 0.3) is 0 Å².